The molecule has 0 unspecified atom stereocenters. The summed E-state index contributed by atoms with van der Waals surface area (Å²) >= 11 is 0. The van der Waals surface area contributed by atoms with Crippen LogP contribution in [-0.4, -0.2) is 21.3 Å². The highest BCUT2D eigenvalue weighted by molar-refractivity contribution is 5.29. The second-order valence-electron chi connectivity index (χ2n) is 13.0. The molecule has 0 spiro atoms. The van der Waals surface area contributed by atoms with Crippen molar-refractivity contribution in [3.8, 4) is 0 Å². The summed E-state index contributed by atoms with van der Waals surface area (Å²) in [6, 6.07) is 0. The molecule has 1 N–H and O–H groups in total. The first-order chi connectivity index (χ1) is 12.8. The molecule has 29 heavy (non-hydrogen) atoms. The molecule has 0 aromatic rings. The van der Waals surface area contributed by atoms with Crippen molar-refractivity contribution in [1.82, 2.24) is 5.06 Å². The molecule has 0 aromatic heterocycles. The molecule has 0 radical (unpaired) electrons. The first kappa shape index (κ1) is 27.0. The molecule has 1 fully saturated rings. The summed E-state index contributed by atoms with van der Waals surface area (Å²) in [5, 5.41) is 13.9. The number of piperidine rings is 1. The topological polar surface area (TPSA) is 23.5 Å². The Bertz CT molecular complexity index is 499. The van der Waals surface area contributed by atoms with Gasteiger partial charge in [-0.15, -0.1) is 0 Å². The summed E-state index contributed by atoms with van der Waals surface area (Å²) in [5.41, 5.74) is -0.819. The number of hydrogen-bond acceptors (Lipinski definition) is 2. The summed E-state index contributed by atoms with van der Waals surface area (Å²) in [7, 11) is 0. The molecule has 0 saturated carbocycles. The summed E-state index contributed by atoms with van der Waals surface area (Å²) in [6.45, 7) is 38.5. The van der Waals surface area contributed by atoms with Gasteiger partial charge in [-0.05, 0) is 68.6 Å². The Morgan fingerprint density at radius 3 is 0.724 bits per heavy atom. The molecule has 1 aliphatic heterocycles. The first-order valence-electron chi connectivity index (χ1n) is 12.3. The molecule has 2 nitrogen and oxygen atoms in total. The van der Waals surface area contributed by atoms with Gasteiger partial charge >= 0.3 is 0 Å². The van der Waals surface area contributed by atoms with E-state index in [1.165, 1.54) is 0 Å². The van der Waals surface area contributed by atoms with Gasteiger partial charge in [0.2, 0.25) is 0 Å². The van der Waals surface area contributed by atoms with E-state index in [0.29, 0.717) is 35.5 Å². The second kappa shape index (κ2) is 7.80. The first-order valence-corrected chi connectivity index (χ1v) is 12.3. The highest BCUT2D eigenvalue weighted by Gasteiger charge is 2.81. The number of nitrogens with zero attached hydrogens (tertiary/aromatic N) is 1. The molecule has 0 amide bonds. The van der Waals surface area contributed by atoms with Crippen molar-refractivity contribution in [2.24, 2.45) is 51.8 Å². The largest absolute Gasteiger partial charge is 0.313 e. The van der Waals surface area contributed by atoms with Gasteiger partial charge in [-0.1, -0.05) is 83.1 Å². The maximum absolute atomic E-state index is 12.1. The Balaban J connectivity index is 4.57. The van der Waals surface area contributed by atoms with Gasteiger partial charge in [0.05, 0.1) is 0 Å². The van der Waals surface area contributed by atoms with E-state index < -0.39 is 0 Å². The van der Waals surface area contributed by atoms with Crippen molar-refractivity contribution in [2.45, 2.75) is 122 Å². The van der Waals surface area contributed by atoms with Crippen LogP contribution in [0.4, 0.5) is 0 Å². The normalized spacial score (nSPS) is 25.8. The van der Waals surface area contributed by atoms with Crippen LogP contribution in [0, 0.1) is 51.8 Å². The predicted octanol–water partition coefficient (Wildman–Crippen LogP) is 8.14. The lowest BCUT2D eigenvalue weighted by Crippen LogP contribution is -2.86. The molecule has 1 saturated heterocycles. The highest BCUT2D eigenvalue weighted by Crippen LogP contribution is 2.79. The fourth-order valence-corrected chi connectivity index (χ4v) is 11.1. The van der Waals surface area contributed by atoms with Crippen LogP contribution in [0.25, 0.3) is 0 Å². The van der Waals surface area contributed by atoms with Crippen LogP contribution in [0.1, 0.15) is 111 Å². The van der Waals surface area contributed by atoms with E-state index in [1.54, 1.807) is 0 Å². The second-order valence-corrected chi connectivity index (χ2v) is 13.0. The van der Waals surface area contributed by atoms with Gasteiger partial charge in [0.25, 0.3) is 0 Å². The fourth-order valence-electron chi connectivity index (χ4n) is 11.1. The van der Waals surface area contributed by atoms with Gasteiger partial charge in [0.1, 0.15) is 0 Å². The van der Waals surface area contributed by atoms with Crippen LogP contribution in [0.15, 0.2) is 0 Å². The van der Waals surface area contributed by atoms with E-state index in [4.69, 9.17) is 0 Å². The summed E-state index contributed by atoms with van der Waals surface area (Å²) in [4.78, 5) is 0. The maximum atomic E-state index is 12.1. The van der Waals surface area contributed by atoms with Crippen molar-refractivity contribution in [1.29, 1.82) is 0 Å². The Kier molecular flexibility index (Phi) is 7.25. The van der Waals surface area contributed by atoms with Gasteiger partial charge in [-0.3, -0.25) is 0 Å². The summed E-state index contributed by atoms with van der Waals surface area (Å²) in [5.74, 6) is 2.72. The van der Waals surface area contributed by atoms with E-state index >= 15 is 0 Å². The minimum absolute atomic E-state index is 0.0386. The third-order valence-corrected chi connectivity index (χ3v) is 9.92. The zero-order chi connectivity index (χ0) is 23.5. The predicted molar refractivity (Wildman–Crippen MR) is 128 cm³/mol. The lowest BCUT2D eigenvalue weighted by atomic mass is 9.26. The SMILES string of the molecule is CC(C)C1(C(C)C)C(C)(C)N(O)C(C)(C)C(C(C)C)(C(C)C)C1(C(C)C)C(C)C. The average Bonchev–Trinajstić information content (AvgIpc) is 2.49. The molecule has 0 bridgehead atoms. The lowest BCUT2D eigenvalue weighted by Gasteiger charge is -2.83. The van der Waals surface area contributed by atoms with Gasteiger partial charge in [-0.25, -0.2) is 0 Å². The van der Waals surface area contributed by atoms with E-state index in [9.17, 15) is 5.21 Å². The van der Waals surface area contributed by atoms with Crippen molar-refractivity contribution < 1.29 is 5.21 Å². The molecule has 2 heteroatoms. The zero-order valence-electron chi connectivity index (χ0n) is 22.9. The smallest absolute Gasteiger partial charge is 0.0477 e. The standard InChI is InChI=1S/C27H55NO/c1-17(2)25(18(3)4)23(13,14)28(29)24(15,16)26(19(5)6,20(7)8)27(25,21(9)10)22(11)12/h17-22,29H,1-16H3. The molecule has 174 valence electrons. The summed E-state index contributed by atoms with van der Waals surface area (Å²) < 4.78 is 0. The monoisotopic (exact) mass is 409 g/mol. The van der Waals surface area contributed by atoms with Gasteiger partial charge in [0, 0.05) is 21.9 Å². The lowest BCUT2D eigenvalue weighted by molar-refractivity contribution is -0.423. The summed E-state index contributed by atoms with van der Waals surface area (Å²) in [6.07, 6.45) is 0. The molecule has 0 atom stereocenters. The Labute approximate surface area is 184 Å². The van der Waals surface area contributed by atoms with Gasteiger partial charge in [-0.2, -0.15) is 5.06 Å². The number of hydroxylamine groups is 2. The number of hydrogen-bond donors (Lipinski definition) is 1. The Hall–Kier alpha value is -0.0800. The molecule has 1 aliphatic rings. The minimum atomic E-state index is -0.360. The molecular formula is C27H55NO. The van der Waals surface area contributed by atoms with Crippen molar-refractivity contribution in [3.05, 3.63) is 0 Å². The Morgan fingerprint density at radius 1 is 0.414 bits per heavy atom. The molecule has 1 heterocycles. The van der Waals surface area contributed by atoms with Crippen molar-refractivity contribution >= 4 is 0 Å². The van der Waals surface area contributed by atoms with E-state index in [-0.39, 0.29) is 27.3 Å². The van der Waals surface area contributed by atoms with Crippen molar-refractivity contribution in [2.75, 3.05) is 0 Å². The van der Waals surface area contributed by atoms with E-state index in [0.717, 1.165) is 0 Å². The Morgan fingerprint density at radius 2 is 0.586 bits per heavy atom. The van der Waals surface area contributed by atoms with Crippen LogP contribution in [0.2, 0.25) is 0 Å². The average molecular weight is 410 g/mol. The molecule has 1 rings (SSSR count). The maximum Gasteiger partial charge on any atom is 0.0477 e. The van der Waals surface area contributed by atoms with E-state index in [1.807, 2.05) is 5.06 Å². The zero-order valence-corrected chi connectivity index (χ0v) is 22.9. The van der Waals surface area contributed by atoms with Gasteiger partial charge in [0.15, 0.2) is 0 Å². The third kappa shape index (κ3) is 2.66. The van der Waals surface area contributed by atoms with Crippen LogP contribution in [0.5, 0.6) is 0 Å². The number of rotatable bonds is 6. The third-order valence-electron chi connectivity index (χ3n) is 9.92. The van der Waals surface area contributed by atoms with Crippen LogP contribution >= 0.6 is 0 Å². The molecule has 0 aromatic carbocycles. The minimum Gasteiger partial charge on any atom is -0.313 e. The molecular weight excluding hydrogens is 354 g/mol. The van der Waals surface area contributed by atoms with E-state index in [2.05, 4.69) is 111 Å². The quantitative estimate of drug-likeness (QED) is 0.478. The van der Waals surface area contributed by atoms with Crippen LogP contribution < -0.4 is 0 Å². The van der Waals surface area contributed by atoms with Gasteiger partial charge < -0.3 is 5.21 Å². The van der Waals surface area contributed by atoms with Crippen LogP contribution in [-0.2, 0) is 0 Å². The van der Waals surface area contributed by atoms with Crippen molar-refractivity contribution in [3.63, 3.8) is 0 Å². The highest BCUT2D eigenvalue weighted by atomic mass is 16.5. The van der Waals surface area contributed by atoms with Crippen LogP contribution in [0.3, 0.4) is 0 Å². The fraction of sp³-hybridized carbons (Fsp3) is 1.00. The molecule has 0 aliphatic carbocycles.